The molecule has 0 atom stereocenters. The van der Waals surface area contributed by atoms with Crippen molar-refractivity contribution in [2.75, 3.05) is 5.32 Å². The van der Waals surface area contributed by atoms with E-state index < -0.39 is 18.5 Å². The second-order valence-electron chi connectivity index (χ2n) is 4.40. The molecule has 0 radical (unpaired) electrons. The predicted octanol–water partition coefficient (Wildman–Crippen LogP) is 3.51. The maximum Gasteiger partial charge on any atom is 0.393 e. The number of carbonyl (C=O) groups is 1. The lowest BCUT2D eigenvalue weighted by atomic mass is 10.1. The fourth-order valence-electron chi connectivity index (χ4n) is 1.64. The number of phenolic OH excluding ortho intramolecular Hbond substituents is 1. The van der Waals surface area contributed by atoms with Crippen LogP contribution in [-0.2, 0) is 6.42 Å². The van der Waals surface area contributed by atoms with E-state index in [0.29, 0.717) is 0 Å². The number of nitrogens with one attached hydrogen (secondary N) is 1. The highest BCUT2D eigenvalue weighted by molar-refractivity contribution is 7.15. The zero-order valence-electron chi connectivity index (χ0n) is 10.9. The molecule has 1 heterocycles. The number of amides is 1. The van der Waals surface area contributed by atoms with Crippen LogP contribution in [-0.4, -0.2) is 22.2 Å². The molecule has 0 unspecified atom stereocenters. The second-order valence-corrected chi connectivity index (χ2v) is 5.51. The van der Waals surface area contributed by atoms with Crippen LogP contribution < -0.4 is 5.32 Å². The Hall–Kier alpha value is -2.09. The summed E-state index contributed by atoms with van der Waals surface area (Å²) in [4.78, 5) is 15.6. The van der Waals surface area contributed by atoms with Gasteiger partial charge in [-0.05, 0) is 24.6 Å². The van der Waals surface area contributed by atoms with E-state index in [0.717, 1.165) is 23.1 Å². The van der Waals surface area contributed by atoms with Gasteiger partial charge in [0, 0.05) is 11.1 Å². The van der Waals surface area contributed by atoms with E-state index >= 15 is 0 Å². The highest BCUT2D eigenvalue weighted by Crippen LogP contribution is 2.27. The van der Waals surface area contributed by atoms with Crippen molar-refractivity contribution in [2.45, 2.75) is 19.5 Å². The maximum absolute atomic E-state index is 12.2. The molecule has 1 aromatic heterocycles. The number of hydrogen-bond donors (Lipinski definition) is 2. The lowest BCUT2D eigenvalue weighted by molar-refractivity contribution is -0.126. The normalized spacial score (nSPS) is 11.4. The molecule has 2 N–H and O–H groups in total. The third kappa shape index (κ3) is 4.19. The van der Waals surface area contributed by atoms with Gasteiger partial charge in [-0.3, -0.25) is 10.1 Å². The number of nitrogens with zero attached hydrogens (tertiary/aromatic N) is 1. The van der Waals surface area contributed by atoms with Crippen LogP contribution in [0.4, 0.5) is 18.3 Å². The summed E-state index contributed by atoms with van der Waals surface area (Å²) in [7, 11) is 0. The van der Waals surface area contributed by atoms with Crippen LogP contribution in [0, 0.1) is 6.92 Å². The number of benzene rings is 1. The summed E-state index contributed by atoms with van der Waals surface area (Å²) in [5.74, 6) is -0.819. The largest absolute Gasteiger partial charge is 0.507 e. The van der Waals surface area contributed by atoms with E-state index in [-0.39, 0.29) is 21.3 Å². The molecule has 8 heteroatoms. The Morgan fingerprint density at radius 2 is 2.14 bits per heavy atom. The van der Waals surface area contributed by atoms with Crippen LogP contribution in [0.15, 0.2) is 24.4 Å². The minimum atomic E-state index is -4.32. The Bertz CT molecular complexity index is 668. The van der Waals surface area contributed by atoms with Gasteiger partial charge in [-0.15, -0.1) is 11.3 Å². The standard InChI is InChI=1S/C13H11F3N2O2S/c1-7-2-3-9(10(19)4-7)11(20)18-12-17-6-8(21-12)5-13(14,15)16/h2-4,6,19H,5H2,1H3,(H,17,18,20). The van der Waals surface area contributed by atoms with Crippen LogP contribution in [0.5, 0.6) is 5.75 Å². The first kappa shape index (κ1) is 15.3. The van der Waals surface area contributed by atoms with E-state index in [1.165, 1.54) is 12.1 Å². The summed E-state index contributed by atoms with van der Waals surface area (Å²) >= 11 is 0.747. The Labute approximate surface area is 122 Å². The topological polar surface area (TPSA) is 62.2 Å². The van der Waals surface area contributed by atoms with Gasteiger partial charge in [-0.1, -0.05) is 6.07 Å². The lowest BCUT2D eigenvalue weighted by Gasteiger charge is -2.05. The molecule has 2 aromatic rings. The number of thiazole rings is 1. The van der Waals surface area contributed by atoms with Crippen molar-refractivity contribution in [3.63, 3.8) is 0 Å². The smallest absolute Gasteiger partial charge is 0.393 e. The number of phenols is 1. The number of rotatable bonds is 3. The van der Waals surface area contributed by atoms with Gasteiger partial charge in [0.25, 0.3) is 5.91 Å². The van der Waals surface area contributed by atoms with Crippen molar-refractivity contribution >= 4 is 22.4 Å². The van der Waals surface area contributed by atoms with Crippen LogP contribution in [0.1, 0.15) is 20.8 Å². The minimum absolute atomic E-state index is 0.00549. The number of carbonyl (C=O) groups excluding carboxylic acids is 1. The fourth-order valence-corrected chi connectivity index (χ4v) is 2.48. The van der Waals surface area contributed by atoms with E-state index in [4.69, 9.17) is 0 Å². The molecule has 0 saturated heterocycles. The molecule has 0 aliphatic carbocycles. The van der Waals surface area contributed by atoms with Gasteiger partial charge in [0.15, 0.2) is 5.13 Å². The minimum Gasteiger partial charge on any atom is -0.507 e. The molecule has 1 amide bonds. The average Bonchev–Trinajstić information content (AvgIpc) is 2.73. The Balaban J connectivity index is 2.09. The van der Waals surface area contributed by atoms with Crippen molar-refractivity contribution in [3.05, 3.63) is 40.4 Å². The molecule has 0 spiro atoms. The van der Waals surface area contributed by atoms with Crippen LogP contribution in [0.25, 0.3) is 0 Å². The first-order valence-corrected chi connectivity index (χ1v) is 6.69. The molecule has 1 aromatic carbocycles. The predicted molar refractivity (Wildman–Crippen MR) is 72.7 cm³/mol. The highest BCUT2D eigenvalue weighted by atomic mass is 32.1. The molecule has 112 valence electrons. The summed E-state index contributed by atoms with van der Waals surface area (Å²) < 4.78 is 36.7. The molecular weight excluding hydrogens is 305 g/mol. The number of aryl methyl sites for hydroxylation is 1. The van der Waals surface area contributed by atoms with Crippen molar-refractivity contribution in [3.8, 4) is 5.75 Å². The van der Waals surface area contributed by atoms with Gasteiger partial charge in [0.2, 0.25) is 0 Å². The van der Waals surface area contributed by atoms with E-state index in [2.05, 4.69) is 10.3 Å². The van der Waals surface area contributed by atoms with Crippen molar-refractivity contribution < 1.29 is 23.1 Å². The number of anilines is 1. The third-order valence-electron chi connectivity index (χ3n) is 2.55. The number of hydrogen-bond acceptors (Lipinski definition) is 4. The molecule has 0 fully saturated rings. The maximum atomic E-state index is 12.2. The quantitative estimate of drug-likeness (QED) is 0.911. The number of aromatic nitrogens is 1. The van der Waals surface area contributed by atoms with E-state index in [9.17, 15) is 23.1 Å². The zero-order valence-corrected chi connectivity index (χ0v) is 11.7. The summed E-state index contributed by atoms with van der Waals surface area (Å²) in [5.41, 5.74) is 0.818. The SMILES string of the molecule is Cc1ccc(C(=O)Nc2ncc(CC(F)(F)F)s2)c(O)c1. The van der Waals surface area contributed by atoms with Crippen molar-refractivity contribution in [1.29, 1.82) is 0 Å². The zero-order chi connectivity index (χ0) is 15.6. The van der Waals surface area contributed by atoms with E-state index in [1.807, 2.05) is 0 Å². The average molecular weight is 316 g/mol. The monoisotopic (exact) mass is 316 g/mol. The second kappa shape index (κ2) is 5.72. The molecule has 4 nitrogen and oxygen atoms in total. The van der Waals surface area contributed by atoms with Gasteiger partial charge < -0.3 is 5.11 Å². The molecule has 0 aliphatic heterocycles. The van der Waals surface area contributed by atoms with Crippen LogP contribution in [0.3, 0.4) is 0 Å². The molecule has 0 aliphatic rings. The van der Waals surface area contributed by atoms with Crippen molar-refractivity contribution in [1.82, 2.24) is 4.98 Å². The molecule has 0 saturated carbocycles. The van der Waals surface area contributed by atoms with Gasteiger partial charge in [0.05, 0.1) is 12.0 Å². The highest BCUT2D eigenvalue weighted by Gasteiger charge is 2.29. The van der Waals surface area contributed by atoms with Gasteiger partial charge in [-0.2, -0.15) is 13.2 Å². The van der Waals surface area contributed by atoms with Gasteiger partial charge >= 0.3 is 6.18 Å². The van der Waals surface area contributed by atoms with Crippen LogP contribution in [0.2, 0.25) is 0 Å². The first-order valence-electron chi connectivity index (χ1n) is 5.87. The third-order valence-corrected chi connectivity index (χ3v) is 3.46. The summed E-state index contributed by atoms with van der Waals surface area (Å²) in [6.45, 7) is 1.76. The summed E-state index contributed by atoms with van der Waals surface area (Å²) in [6.07, 6.45) is -4.33. The van der Waals surface area contributed by atoms with Gasteiger partial charge in [-0.25, -0.2) is 4.98 Å². The van der Waals surface area contributed by atoms with Crippen molar-refractivity contribution in [2.24, 2.45) is 0 Å². The Morgan fingerprint density at radius 3 is 2.76 bits per heavy atom. The fraction of sp³-hybridized carbons (Fsp3) is 0.231. The number of alkyl halides is 3. The lowest BCUT2D eigenvalue weighted by Crippen LogP contribution is -2.12. The first-order chi connectivity index (χ1) is 9.74. The summed E-state index contributed by atoms with van der Waals surface area (Å²) in [5, 5.41) is 12.1. The molecule has 0 bridgehead atoms. The Kier molecular flexibility index (Phi) is 4.17. The number of aromatic hydroxyl groups is 1. The molecule has 2 rings (SSSR count). The Morgan fingerprint density at radius 1 is 1.43 bits per heavy atom. The number of halogens is 3. The molecule has 21 heavy (non-hydrogen) atoms. The molecular formula is C13H11F3N2O2S. The van der Waals surface area contributed by atoms with Crippen LogP contribution >= 0.6 is 11.3 Å². The summed E-state index contributed by atoms with van der Waals surface area (Å²) in [6, 6.07) is 4.50. The van der Waals surface area contributed by atoms with Gasteiger partial charge in [0.1, 0.15) is 5.75 Å². The van der Waals surface area contributed by atoms with E-state index in [1.54, 1.807) is 13.0 Å².